The molecule has 0 saturated heterocycles. The summed E-state index contributed by atoms with van der Waals surface area (Å²) >= 11 is 0. The summed E-state index contributed by atoms with van der Waals surface area (Å²) in [7, 11) is 0. The van der Waals surface area contributed by atoms with Gasteiger partial charge in [0.25, 0.3) is 0 Å². The van der Waals surface area contributed by atoms with E-state index in [1.54, 1.807) is 12.1 Å². The summed E-state index contributed by atoms with van der Waals surface area (Å²) in [4.78, 5) is 4.61. The highest BCUT2D eigenvalue weighted by atomic mass is 19.1. The van der Waals surface area contributed by atoms with Gasteiger partial charge >= 0.3 is 0 Å². The fraction of sp³-hybridized carbons (Fsp3) is 0.0741. The van der Waals surface area contributed by atoms with Gasteiger partial charge in [-0.25, -0.2) is 4.39 Å². The van der Waals surface area contributed by atoms with Gasteiger partial charge in [0, 0.05) is 18.3 Å². The molecule has 0 bridgehead atoms. The summed E-state index contributed by atoms with van der Waals surface area (Å²) in [5, 5.41) is 0. The number of aryl methyl sites for hydroxylation is 1. The Labute approximate surface area is 171 Å². The van der Waals surface area contributed by atoms with Crippen LogP contribution in [-0.2, 0) is 6.42 Å². The van der Waals surface area contributed by atoms with E-state index in [-0.39, 0.29) is 5.82 Å². The number of rotatable bonds is 5. The quantitative estimate of drug-likeness (QED) is 0.350. The lowest BCUT2D eigenvalue weighted by Gasteiger charge is -2.18. The molecule has 1 nitrogen and oxygen atoms in total. The summed E-state index contributed by atoms with van der Waals surface area (Å²) in [6, 6.07) is 31.4. The predicted molar refractivity (Wildman–Crippen MR) is 118 cm³/mol. The topological polar surface area (TPSA) is 12.9 Å². The second-order valence-electron chi connectivity index (χ2n) is 7.04. The van der Waals surface area contributed by atoms with Gasteiger partial charge in [-0.2, -0.15) is 0 Å². The van der Waals surface area contributed by atoms with Crippen molar-refractivity contribution in [2.24, 2.45) is 0 Å². The fourth-order valence-corrected chi connectivity index (χ4v) is 3.61. The number of benzene rings is 3. The number of allylic oxidation sites excluding steroid dienone is 1. The molecule has 0 spiro atoms. The number of halogens is 1. The van der Waals surface area contributed by atoms with Crippen LogP contribution in [0.5, 0.6) is 0 Å². The average Bonchev–Trinajstić information content (AvgIpc) is 2.76. The van der Waals surface area contributed by atoms with Crippen LogP contribution in [0.1, 0.15) is 27.9 Å². The minimum absolute atomic E-state index is 0.238. The largest absolute Gasteiger partial charge is 0.261 e. The molecule has 0 aliphatic heterocycles. The molecule has 2 heteroatoms. The van der Waals surface area contributed by atoms with Gasteiger partial charge in [0.05, 0.1) is 0 Å². The number of hydrogen-bond acceptors (Lipinski definition) is 1. The van der Waals surface area contributed by atoms with Crippen LogP contribution in [0, 0.1) is 12.7 Å². The Bertz CT molecular complexity index is 1090. The average molecular weight is 379 g/mol. The second-order valence-corrected chi connectivity index (χ2v) is 7.04. The first-order valence-electron chi connectivity index (χ1n) is 9.73. The Morgan fingerprint density at radius 3 is 1.93 bits per heavy atom. The first-order valence-corrected chi connectivity index (χ1v) is 9.73. The maximum atomic E-state index is 14.2. The standard InChI is InChI=1S/C27H22FN/c1-20-10-9-17-29-26(20)19-25(23-15-8-16-24(28)18-23)27(21-11-4-2-5-12-21)22-13-6-3-7-14-22/h2-18H,19H2,1H3. The van der Waals surface area contributed by atoms with E-state index in [1.807, 2.05) is 54.7 Å². The van der Waals surface area contributed by atoms with Crippen molar-refractivity contribution in [2.45, 2.75) is 13.3 Å². The van der Waals surface area contributed by atoms with Gasteiger partial charge in [-0.1, -0.05) is 78.9 Å². The molecule has 0 aliphatic rings. The van der Waals surface area contributed by atoms with Gasteiger partial charge in [0.1, 0.15) is 5.82 Å². The van der Waals surface area contributed by atoms with Crippen molar-refractivity contribution < 1.29 is 4.39 Å². The molecule has 3 aromatic carbocycles. The predicted octanol–water partition coefficient (Wildman–Crippen LogP) is 6.73. The molecule has 0 radical (unpaired) electrons. The van der Waals surface area contributed by atoms with Crippen molar-refractivity contribution in [2.75, 3.05) is 0 Å². The third kappa shape index (κ3) is 4.33. The van der Waals surface area contributed by atoms with Crippen molar-refractivity contribution in [1.82, 2.24) is 4.98 Å². The van der Waals surface area contributed by atoms with Crippen LogP contribution >= 0.6 is 0 Å². The van der Waals surface area contributed by atoms with E-state index in [4.69, 9.17) is 0 Å². The summed E-state index contributed by atoms with van der Waals surface area (Å²) in [5.74, 6) is -0.238. The SMILES string of the molecule is Cc1cccnc1CC(=C(c1ccccc1)c1ccccc1)c1cccc(F)c1. The zero-order valence-electron chi connectivity index (χ0n) is 16.3. The maximum Gasteiger partial charge on any atom is 0.123 e. The van der Waals surface area contributed by atoms with E-state index < -0.39 is 0 Å². The molecule has 0 N–H and O–H groups in total. The van der Waals surface area contributed by atoms with Gasteiger partial charge in [-0.05, 0) is 58.5 Å². The normalized spacial score (nSPS) is 10.6. The Morgan fingerprint density at radius 1 is 0.724 bits per heavy atom. The van der Waals surface area contributed by atoms with Gasteiger partial charge in [0.2, 0.25) is 0 Å². The Balaban J connectivity index is 2.01. The molecule has 1 heterocycles. The molecule has 0 saturated carbocycles. The Kier molecular flexibility index (Phi) is 5.62. The second kappa shape index (κ2) is 8.66. The molecule has 0 atom stereocenters. The molecule has 142 valence electrons. The number of pyridine rings is 1. The number of aromatic nitrogens is 1. The molecule has 1 aromatic heterocycles. The summed E-state index contributed by atoms with van der Waals surface area (Å²) in [5.41, 5.74) is 7.36. The molecular weight excluding hydrogens is 357 g/mol. The van der Waals surface area contributed by atoms with E-state index in [9.17, 15) is 4.39 Å². The van der Waals surface area contributed by atoms with Crippen LogP contribution < -0.4 is 0 Å². The Morgan fingerprint density at radius 2 is 1.34 bits per heavy atom. The van der Waals surface area contributed by atoms with Crippen molar-refractivity contribution in [3.63, 3.8) is 0 Å². The molecule has 0 aliphatic carbocycles. The smallest absolute Gasteiger partial charge is 0.123 e. The van der Waals surface area contributed by atoms with Crippen molar-refractivity contribution in [1.29, 1.82) is 0 Å². The van der Waals surface area contributed by atoms with Crippen LogP contribution in [0.25, 0.3) is 11.1 Å². The summed E-state index contributed by atoms with van der Waals surface area (Å²) < 4.78 is 14.2. The van der Waals surface area contributed by atoms with Crippen molar-refractivity contribution >= 4 is 11.1 Å². The lowest BCUT2D eigenvalue weighted by Crippen LogP contribution is -2.02. The number of hydrogen-bond donors (Lipinski definition) is 0. The van der Waals surface area contributed by atoms with Crippen molar-refractivity contribution in [3.05, 3.63) is 137 Å². The van der Waals surface area contributed by atoms with Gasteiger partial charge in [0.15, 0.2) is 0 Å². The van der Waals surface area contributed by atoms with Crippen LogP contribution in [-0.4, -0.2) is 4.98 Å². The Hall–Kier alpha value is -3.52. The highest BCUT2D eigenvalue weighted by molar-refractivity contribution is 5.99. The maximum absolute atomic E-state index is 14.2. The van der Waals surface area contributed by atoms with E-state index in [1.165, 1.54) is 6.07 Å². The van der Waals surface area contributed by atoms with E-state index in [0.717, 1.165) is 39.1 Å². The molecule has 0 amide bonds. The van der Waals surface area contributed by atoms with E-state index >= 15 is 0 Å². The highest BCUT2D eigenvalue weighted by Gasteiger charge is 2.16. The molecule has 0 unspecified atom stereocenters. The minimum Gasteiger partial charge on any atom is -0.261 e. The lowest BCUT2D eigenvalue weighted by atomic mass is 9.86. The van der Waals surface area contributed by atoms with Crippen LogP contribution in [0.4, 0.5) is 4.39 Å². The zero-order chi connectivity index (χ0) is 20.1. The summed E-state index contributed by atoms with van der Waals surface area (Å²) in [6.45, 7) is 2.07. The van der Waals surface area contributed by atoms with Gasteiger partial charge < -0.3 is 0 Å². The third-order valence-electron chi connectivity index (χ3n) is 5.06. The van der Waals surface area contributed by atoms with Gasteiger partial charge in [-0.15, -0.1) is 0 Å². The first kappa shape index (κ1) is 18.8. The molecule has 0 fully saturated rings. The number of nitrogens with zero attached hydrogens (tertiary/aromatic N) is 1. The fourth-order valence-electron chi connectivity index (χ4n) is 3.61. The zero-order valence-corrected chi connectivity index (χ0v) is 16.3. The van der Waals surface area contributed by atoms with Crippen molar-refractivity contribution in [3.8, 4) is 0 Å². The molecule has 4 aromatic rings. The third-order valence-corrected chi connectivity index (χ3v) is 5.06. The van der Waals surface area contributed by atoms with Crippen LogP contribution in [0.15, 0.2) is 103 Å². The lowest BCUT2D eigenvalue weighted by molar-refractivity contribution is 0.627. The van der Waals surface area contributed by atoms with E-state index in [0.29, 0.717) is 6.42 Å². The molecule has 29 heavy (non-hydrogen) atoms. The van der Waals surface area contributed by atoms with Gasteiger partial charge in [-0.3, -0.25) is 4.98 Å². The monoisotopic (exact) mass is 379 g/mol. The van der Waals surface area contributed by atoms with E-state index in [2.05, 4.69) is 42.2 Å². The highest BCUT2D eigenvalue weighted by Crippen LogP contribution is 2.34. The minimum atomic E-state index is -0.238. The molecular formula is C27H22FN. The first-order chi connectivity index (χ1) is 14.2. The van der Waals surface area contributed by atoms with Crippen LogP contribution in [0.2, 0.25) is 0 Å². The molecule has 4 rings (SSSR count). The van der Waals surface area contributed by atoms with Crippen LogP contribution in [0.3, 0.4) is 0 Å². The summed E-state index contributed by atoms with van der Waals surface area (Å²) in [6.07, 6.45) is 2.44.